The molecule has 1 aromatic rings. The fourth-order valence-corrected chi connectivity index (χ4v) is 5.13. The first-order valence-electron chi connectivity index (χ1n) is 7.38. The molecule has 1 saturated heterocycles. The van der Waals surface area contributed by atoms with Gasteiger partial charge >= 0.3 is 0 Å². The van der Waals surface area contributed by atoms with Crippen molar-refractivity contribution in [1.29, 1.82) is 0 Å². The number of rotatable bonds is 4. The first-order valence-corrected chi connectivity index (χ1v) is 8.74. The van der Waals surface area contributed by atoms with E-state index in [1.807, 2.05) is 6.07 Å². The van der Waals surface area contributed by atoms with Gasteiger partial charge in [0.1, 0.15) is 5.75 Å². The van der Waals surface area contributed by atoms with Crippen molar-refractivity contribution >= 4 is 23.4 Å². The average molecular weight is 312 g/mol. The Morgan fingerprint density at radius 3 is 3.05 bits per heavy atom. The molecule has 0 amide bonds. The van der Waals surface area contributed by atoms with E-state index in [4.69, 9.17) is 16.3 Å². The summed E-state index contributed by atoms with van der Waals surface area (Å²) in [7, 11) is 2.07. The fraction of sp³-hybridized carbons (Fsp3) is 0.625. The molecule has 0 aromatic heterocycles. The summed E-state index contributed by atoms with van der Waals surface area (Å²) in [5.41, 5.74) is 2.53. The van der Waals surface area contributed by atoms with Crippen LogP contribution in [0.25, 0.3) is 0 Å². The smallest absolute Gasteiger partial charge is 0.125 e. The monoisotopic (exact) mass is 311 g/mol. The van der Waals surface area contributed by atoms with E-state index < -0.39 is 0 Å². The molecule has 0 saturated carbocycles. The first-order chi connectivity index (χ1) is 9.62. The van der Waals surface area contributed by atoms with Gasteiger partial charge in [0, 0.05) is 22.2 Å². The van der Waals surface area contributed by atoms with Crippen molar-refractivity contribution in [2.45, 2.75) is 43.4 Å². The van der Waals surface area contributed by atoms with Crippen LogP contribution in [0.5, 0.6) is 5.75 Å². The zero-order chi connectivity index (χ0) is 14.2. The van der Waals surface area contributed by atoms with Gasteiger partial charge in [0.2, 0.25) is 0 Å². The van der Waals surface area contributed by atoms with Crippen LogP contribution < -0.4 is 10.1 Å². The minimum atomic E-state index is 0.322. The van der Waals surface area contributed by atoms with Crippen LogP contribution >= 0.6 is 23.4 Å². The number of benzene rings is 1. The van der Waals surface area contributed by atoms with Gasteiger partial charge in [0.15, 0.2) is 0 Å². The van der Waals surface area contributed by atoms with E-state index in [1.54, 1.807) is 0 Å². The number of halogens is 1. The summed E-state index contributed by atoms with van der Waals surface area (Å²) < 4.78 is 6.15. The Bertz CT molecular complexity index is 499. The molecule has 0 aliphatic carbocycles. The zero-order valence-corrected chi connectivity index (χ0v) is 13.7. The molecule has 20 heavy (non-hydrogen) atoms. The van der Waals surface area contributed by atoms with Crippen molar-refractivity contribution in [2.24, 2.45) is 0 Å². The second kappa shape index (κ2) is 5.78. The molecule has 4 heteroatoms. The molecular formula is C16H22ClNOS. The SMILES string of the molecule is CNC(Cc1cc(Cl)cc2c1OCC2)C1(C)CCCS1. The van der Waals surface area contributed by atoms with Gasteiger partial charge in [-0.2, -0.15) is 11.8 Å². The lowest BCUT2D eigenvalue weighted by Gasteiger charge is -2.33. The van der Waals surface area contributed by atoms with Gasteiger partial charge < -0.3 is 10.1 Å². The molecule has 1 fully saturated rings. The van der Waals surface area contributed by atoms with Gasteiger partial charge in [0.05, 0.1) is 6.61 Å². The number of nitrogens with one attached hydrogen (secondary N) is 1. The third-order valence-electron chi connectivity index (χ3n) is 4.58. The molecular weight excluding hydrogens is 290 g/mol. The van der Waals surface area contributed by atoms with Crippen LogP contribution in [0.3, 0.4) is 0 Å². The predicted molar refractivity (Wildman–Crippen MR) is 87.3 cm³/mol. The zero-order valence-electron chi connectivity index (χ0n) is 12.2. The number of hydrogen-bond donors (Lipinski definition) is 1. The summed E-state index contributed by atoms with van der Waals surface area (Å²) in [4.78, 5) is 0. The van der Waals surface area contributed by atoms with Crippen molar-refractivity contribution in [3.8, 4) is 5.75 Å². The lowest BCUT2D eigenvalue weighted by atomic mass is 9.90. The number of ether oxygens (including phenoxy) is 1. The summed E-state index contributed by atoms with van der Waals surface area (Å²) in [6.07, 6.45) is 4.58. The van der Waals surface area contributed by atoms with Crippen molar-refractivity contribution < 1.29 is 4.74 Å². The molecule has 2 nitrogen and oxygen atoms in total. The maximum Gasteiger partial charge on any atom is 0.125 e. The molecule has 2 heterocycles. The molecule has 2 aliphatic heterocycles. The maximum absolute atomic E-state index is 6.27. The average Bonchev–Trinajstić information content (AvgIpc) is 3.04. The highest BCUT2D eigenvalue weighted by Crippen LogP contribution is 2.42. The van der Waals surface area contributed by atoms with Crippen LogP contribution in [0.2, 0.25) is 5.02 Å². The summed E-state index contributed by atoms with van der Waals surface area (Å²) in [5.74, 6) is 2.36. The van der Waals surface area contributed by atoms with Gasteiger partial charge in [-0.05, 0) is 62.2 Å². The lowest BCUT2D eigenvalue weighted by Crippen LogP contribution is -2.45. The van der Waals surface area contributed by atoms with Gasteiger partial charge in [-0.3, -0.25) is 0 Å². The van der Waals surface area contributed by atoms with Crippen LogP contribution in [0, 0.1) is 0 Å². The third kappa shape index (κ3) is 2.68. The van der Waals surface area contributed by atoms with Crippen LogP contribution in [0.1, 0.15) is 30.9 Å². The molecule has 0 spiro atoms. The molecule has 110 valence electrons. The molecule has 0 radical (unpaired) electrons. The van der Waals surface area contributed by atoms with E-state index in [0.29, 0.717) is 10.8 Å². The van der Waals surface area contributed by atoms with Crippen molar-refractivity contribution in [1.82, 2.24) is 5.32 Å². The largest absolute Gasteiger partial charge is 0.493 e. The van der Waals surface area contributed by atoms with E-state index in [2.05, 4.69) is 37.1 Å². The van der Waals surface area contributed by atoms with E-state index in [1.165, 1.54) is 29.7 Å². The van der Waals surface area contributed by atoms with Crippen LogP contribution in [0.4, 0.5) is 0 Å². The summed E-state index contributed by atoms with van der Waals surface area (Å²) >= 11 is 8.37. The van der Waals surface area contributed by atoms with E-state index in [0.717, 1.165) is 30.2 Å². The number of likely N-dealkylation sites (N-methyl/N-ethyl adjacent to an activating group) is 1. The highest BCUT2D eigenvalue weighted by Gasteiger charge is 2.37. The Morgan fingerprint density at radius 2 is 2.35 bits per heavy atom. The van der Waals surface area contributed by atoms with Gasteiger partial charge in [-0.15, -0.1) is 0 Å². The lowest BCUT2D eigenvalue weighted by molar-refractivity contribution is 0.348. The molecule has 2 atom stereocenters. The molecule has 3 rings (SSSR count). The third-order valence-corrected chi connectivity index (χ3v) is 6.44. The first kappa shape index (κ1) is 14.6. The number of hydrogen-bond acceptors (Lipinski definition) is 3. The normalized spacial score (nSPS) is 26.4. The Kier molecular flexibility index (Phi) is 4.21. The van der Waals surface area contributed by atoms with E-state index in [-0.39, 0.29) is 0 Å². The van der Waals surface area contributed by atoms with E-state index >= 15 is 0 Å². The van der Waals surface area contributed by atoms with Crippen LogP contribution in [-0.4, -0.2) is 30.2 Å². The molecule has 2 aliphatic rings. The fourth-order valence-electron chi connectivity index (χ4n) is 3.42. The minimum Gasteiger partial charge on any atom is -0.493 e. The van der Waals surface area contributed by atoms with Crippen LogP contribution in [-0.2, 0) is 12.8 Å². The molecule has 2 unspecified atom stereocenters. The van der Waals surface area contributed by atoms with Gasteiger partial charge in [0.25, 0.3) is 0 Å². The Labute approximate surface area is 130 Å². The van der Waals surface area contributed by atoms with Crippen molar-refractivity contribution in [2.75, 3.05) is 19.4 Å². The topological polar surface area (TPSA) is 21.3 Å². The highest BCUT2D eigenvalue weighted by atomic mass is 35.5. The second-order valence-corrected chi connectivity index (χ2v) is 8.03. The number of thioether (sulfide) groups is 1. The van der Waals surface area contributed by atoms with Gasteiger partial charge in [-0.1, -0.05) is 11.6 Å². The summed E-state index contributed by atoms with van der Waals surface area (Å²) in [6.45, 7) is 3.18. The Balaban J connectivity index is 1.86. The molecule has 1 N–H and O–H groups in total. The maximum atomic E-state index is 6.27. The Hall–Kier alpha value is -0.380. The standard InChI is InChI=1S/C16H22ClNOS/c1-16(5-3-7-20-16)14(18-2)10-12-9-13(17)8-11-4-6-19-15(11)12/h8-9,14,18H,3-7,10H2,1-2H3. The quantitative estimate of drug-likeness (QED) is 0.916. The van der Waals surface area contributed by atoms with E-state index in [9.17, 15) is 0 Å². The van der Waals surface area contributed by atoms with Gasteiger partial charge in [-0.25, -0.2) is 0 Å². The van der Waals surface area contributed by atoms with Crippen LogP contribution in [0.15, 0.2) is 12.1 Å². The molecule has 0 bridgehead atoms. The molecule has 1 aromatic carbocycles. The summed E-state index contributed by atoms with van der Waals surface area (Å²) in [5, 5.41) is 4.36. The Morgan fingerprint density at radius 1 is 1.50 bits per heavy atom. The number of fused-ring (bicyclic) bond motifs is 1. The van der Waals surface area contributed by atoms with Crippen molar-refractivity contribution in [3.63, 3.8) is 0 Å². The summed E-state index contributed by atoms with van der Waals surface area (Å²) in [6, 6.07) is 4.59. The second-order valence-electron chi connectivity index (χ2n) is 5.96. The highest BCUT2D eigenvalue weighted by molar-refractivity contribution is 8.00. The minimum absolute atomic E-state index is 0.322. The predicted octanol–water partition coefficient (Wildman–Crippen LogP) is 3.69. The van der Waals surface area contributed by atoms with Crippen molar-refractivity contribution in [3.05, 3.63) is 28.3 Å².